The third-order valence-corrected chi connectivity index (χ3v) is 4.71. The minimum absolute atomic E-state index is 0.0553. The zero-order valence-electron chi connectivity index (χ0n) is 13.9. The fourth-order valence-electron chi connectivity index (χ4n) is 3.34. The van der Waals surface area contributed by atoms with E-state index in [0.717, 1.165) is 5.39 Å². The first-order valence-corrected chi connectivity index (χ1v) is 8.27. The van der Waals surface area contributed by atoms with Gasteiger partial charge in [-0.25, -0.2) is 4.39 Å². The lowest BCUT2D eigenvalue weighted by atomic mass is 10.0. The van der Waals surface area contributed by atoms with Gasteiger partial charge in [-0.1, -0.05) is 18.7 Å². The molecule has 1 fully saturated rings. The van der Waals surface area contributed by atoms with Crippen LogP contribution in [0.3, 0.4) is 0 Å². The molecule has 7 heteroatoms. The number of halogens is 1. The van der Waals surface area contributed by atoms with Crippen LogP contribution in [0.25, 0.3) is 22.3 Å². The number of para-hydroxylation sites is 1. The molecule has 1 aliphatic rings. The monoisotopic (exact) mass is 352 g/mol. The lowest BCUT2D eigenvalue weighted by Gasteiger charge is -2.12. The van der Waals surface area contributed by atoms with E-state index in [2.05, 4.69) is 21.8 Å². The summed E-state index contributed by atoms with van der Waals surface area (Å²) in [7, 11) is 0. The topological polar surface area (TPSA) is 82.1 Å². The maximum absolute atomic E-state index is 14.4. The molecule has 6 nitrogen and oxygen atoms in total. The summed E-state index contributed by atoms with van der Waals surface area (Å²) in [6.07, 6.45) is 0.0438. The Hall–Kier alpha value is -3.22. The molecule has 1 amide bonds. The molecule has 0 spiro atoms. The van der Waals surface area contributed by atoms with Crippen LogP contribution in [0.2, 0.25) is 0 Å². The molecule has 3 aromatic rings. The Morgan fingerprint density at radius 2 is 2.12 bits per heavy atom. The van der Waals surface area contributed by atoms with Crippen molar-refractivity contribution in [2.45, 2.75) is 12.1 Å². The number of amides is 1. The predicted octanol–water partition coefficient (Wildman–Crippen LogP) is 2.78. The molecule has 0 aliphatic carbocycles. The highest BCUT2D eigenvalue weighted by molar-refractivity contribution is 5.87. The fraction of sp³-hybridized carbons (Fsp3) is 0.211. The van der Waals surface area contributed by atoms with E-state index in [9.17, 15) is 14.3 Å². The average molecular weight is 352 g/mol. The van der Waals surface area contributed by atoms with E-state index in [-0.39, 0.29) is 18.2 Å². The van der Waals surface area contributed by atoms with Gasteiger partial charge in [0.1, 0.15) is 11.9 Å². The molecule has 2 atom stereocenters. The van der Waals surface area contributed by atoms with Crippen molar-refractivity contribution < 1.29 is 14.3 Å². The van der Waals surface area contributed by atoms with Crippen LogP contribution in [0.1, 0.15) is 11.6 Å². The van der Waals surface area contributed by atoms with Gasteiger partial charge in [0.2, 0.25) is 5.91 Å². The molecule has 2 aromatic heterocycles. The normalized spacial score (nSPS) is 19.8. The highest BCUT2D eigenvalue weighted by Gasteiger charge is 2.36. The first kappa shape index (κ1) is 16.3. The van der Waals surface area contributed by atoms with E-state index in [1.54, 1.807) is 30.3 Å². The Morgan fingerprint density at radius 1 is 1.31 bits per heavy atom. The number of aromatic nitrogens is 3. The van der Waals surface area contributed by atoms with E-state index in [0.29, 0.717) is 29.1 Å². The van der Waals surface area contributed by atoms with Crippen LogP contribution in [0.15, 0.2) is 49.1 Å². The minimum Gasteiger partial charge on any atom is -0.507 e. The average Bonchev–Trinajstić information content (AvgIpc) is 3.24. The van der Waals surface area contributed by atoms with Crippen LogP contribution < -0.4 is 0 Å². The molecule has 4 rings (SSSR count). The first-order chi connectivity index (χ1) is 12.6. The number of carbonyl (C=O) groups excluding carboxylic acids is 1. The molecule has 132 valence electrons. The Bertz CT molecular complexity index is 1000. The molecule has 0 saturated carbocycles. The fourth-order valence-corrected chi connectivity index (χ4v) is 3.34. The SMILES string of the molecule is C=CC(=O)N1CC(c2cc3cc(-c4ccccc4O)nnc3[nH]2)[C@@H](F)C1. The largest absolute Gasteiger partial charge is 0.507 e. The molecule has 0 bridgehead atoms. The Balaban J connectivity index is 1.67. The standard InChI is InChI=1S/C19H17FN4O2/c1-2-18(26)24-9-13(14(20)10-24)15-7-11-8-16(22-23-19(11)21-15)12-5-3-4-6-17(12)25/h2-8,13-14,25H,1,9-10H2,(H,21,23)/t13?,14-/m0/s1. The summed E-state index contributed by atoms with van der Waals surface area (Å²) in [6.45, 7) is 3.79. The van der Waals surface area contributed by atoms with Gasteiger partial charge in [0.15, 0.2) is 5.65 Å². The maximum Gasteiger partial charge on any atom is 0.246 e. The zero-order valence-corrected chi connectivity index (χ0v) is 13.9. The van der Waals surface area contributed by atoms with Crippen LogP contribution in [-0.4, -0.2) is 50.4 Å². The summed E-state index contributed by atoms with van der Waals surface area (Å²) < 4.78 is 14.4. The summed E-state index contributed by atoms with van der Waals surface area (Å²) in [5.41, 5.74) is 2.33. The van der Waals surface area contributed by atoms with Crippen LogP contribution in [0, 0.1) is 0 Å². The van der Waals surface area contributed by atoms with Gasteiger partial charge in [0.05, 0.1) is 12.2 Å². The summed E-state index contributed by atoms with van der Waals surface area (Å²) >= 11 is 0. The second kappa shape index (κ2) is 6.25. The van der Waals surface area contributed by atoms with Gasteiger partial charge in [0, 0.05) is 29.1 Å². The molecule has 2 N–H and O–H groups in total. The van der Waals surface area contributed by atoms with E-state index in [1.165, 1.54) is 11.0 Å². The molecular formula is C19H17FN4O2. The second-order valence-electron chi connectivity index (χ2n) is 6.35. The molecule has 26 heavy (non-hydrogen) atoms. The number of aromatic hydroxyl groups is 1. The van der Waals surface area contributed by atoms with Crippen LogP contribution in [0.4, 0.5) is 4.39 Å². The molecule has 1 saturated heterocycles. The summed E-state index contributed by atoms with van der Waals surface area (Å²) in [6, 6.07) is 10.5. The molecule has 0 radical (unpaired) electrons. The van der Waals surface area contributed by atoms with Gasteiger partial charge in [0.25, 0.3) is 0 Å². The summed E-state index contributed by atoms with van der Waals surface area (Å²) in [5, 5.41) is 19.0. The quantitative estimate of drug-likeness (QED) is 0.710. The number of benzene rings is 1. The number of phenolic OH excluding ortho intramolecular Hbond substituents is 1. The minimum atomic E-state index is -1.16. The van der Waals surface area contributed by atoms with Crippen molar-refractivity contribution >= 4 is 16.9 Å². The number of alkyl halides is 1. The van der Waals surface area contributed by atoms with Gasteiger partial charge in [-0.05, 0) is 30.3 Å². The van der Waals surface area contributed by atoms with Crippen molar-refractivity contribution in [3.63, 3.8) is 0 Å². The van der Waals surface area contributed by atoms with Crippen molar-refractivity contribution in [3.8, 4) is 17.0 Å². The highest BCUT2D eigenvalue weighted by Crippen LogP contribution is 2.33. The lowest BCUT2D eigenvalue weighted by Crippen LogP contribution is -2.27. The number of hydrogen-bond acceptors (Lipinski definition) is 4. The first-order valence-electron chi connectivity index (χ1n) is 8.27. The zero-order chi connectivity index (χ0) is 18.3. The van der Waals surface area contributed by atoms with E-state index in [4.69, 9.17) is 0 Å². The van der Waals surface area contributed by atoms with Crippen molar-refractivity contribution in [1.29, 1.82) is 0 Å². The molecule has 1 unspecified atom stereocenters. The number of hydrogen-bond donors (Lipinski definition) is 2. The van der Waals surface area contributed by atoms with Gasteiger partial charge in [-0.3, -0.25) is 4.79 Å². The molecule has 1 aliphatic heterocycles. The highest BCUT2D eigenvalue weighted by atomic mass is 19.1. The van der Waals surface area contributed by atoms with Crippen molar-refractivity contribution in [1.82, 2.24) is 20.1 Å². The number of aromatic amines is 1. The molecule has 1 aromatic carbocycles. The van der Waals surface area contributed by atoms with E-state index in [1.807, 2.05) is 6.07 Å². The van der Waals surface area contributed by atoms with Gasteiger partial charge >= 0.3 is 0 Å². The van der Waals surface area contributed by atoms with Gasteiger partial charge < -0.3 is 15.0 Å². The number of carbonyl (C=O) groups is 1. The Morgan fingerprint density at radius 3 is 2.88 bits per heavy atom. The number of rotatable bonds is 3. The number of nitrogens with one attached hydrogen (secondary N) is 1. The van der Waals surface area contributed by atoms with Crippen molar-refractivity contribution in [2.75, 3.05) is 13.1 Å². The third-order valence-electron chi connectivity index (χ3n) is 4.71. The van der Waals surface area contributed by atoms with Gasteiger partial charge in [-0.2, -0.15) is 0 Å². The predicted molar refractivity (Wildman–Crippen MR) is 95.4 cm³/mol. The van der Waals surface area contributed by atoms with Crippen molar-refractivity contribution in [2.24, 2.45) is 0 Å². The number of phenols is 1. The maximum atomic E-state index is 14.4. The second-order valence-corrected chi connectivity index (χ2v) is 6.35. The van der Waals surface area contributed by atoms with Crippen LogP contribution in [0.5, 0.6) is 5.75 Å². The smallest absolute Gasteiger partial charge is 0.246 e. The van der Waals surface area contributed by atoms with Crippen LogP contribution in [-0.2, 0) is 4.79 Å². The van der Waals surface area contributed by atoms with Crippen LogP contribution >= 0.6 is 0 Å². The van der Waals surface area contributed by atoms with E-state index < -0.39 is 12.1 Å². The number of nitrogens with zero attached hydrogens (tertiary/aromatic N) is 3. The van der Waals surface area contributed by atoms with Crippen molar-refractivity contribution in [3.05, 3.63) is 54.7 Å². The van der Waals surface area contributed by atoms with Gasteiger partial charge in [-0.15, -0.1) is 10.2 Å². The number of H-pyrrole nitrogens is 1. The lowest BCUT2D eigenvalue weighted by molar-refractivity contribution is -0.125. The summed E-state index contributed by atoms with van der Waals surface area (Å²) in [4.78, 5) is 16.3. The Kier molecular flexibility index (Phi) is 3.91. The molecule has 3 heterocycles. The summed E-state index contributed by atoms with van der Waals surface area (Å²) in [5.74, 6) is -0.593. The number of fused-ring (bicyclic) bond motifs is 1. The third kappa shape index (κ3) is 2.71. The Labute approximate surface area is 149 Å². The number of likely N-dealkylation sites (tertiary alicyclic amines) is 1. The van der Waals surface area contributed by atoms with E-state index >= 15 is 0 Å². The molecular weight excluding hydrogens is 335 g/mol.